The smallest absolute Gasteiger partial charge is 0.360 e. The van der Waals surface area contributed by atoms with Crippen molar-refractivity contribution < 1.29 is 13.9 Å². The molecule has 5 heteroatoms. The molecule has 2 rings (SSSR count). The van der Waals surface area contributed by atoms with Crippen LogP contribution in [0.4, 0.5) is 0 Å². The summed E-state index contributed by atoms with van der Waals surface area (Å²) < 4.78 is 10.1. The van der Waals surface area contributed by atoms with E-state index in [1.807, 2.05) is 12.1 Å². The van der Waals surface area contributed by atoms with Crippen molar-refractivity contribution in [3.05, 3.63) is 41.8 Å². The Hall–Kier alpha value is -2.61. The first-order valence-electron chi connectivity index (χ1n) is 5.83. The number of aromatic nitrogens is 1. The largest absolute Gasteiger partial charge is 0.461 e. The van der Waals surface area contributed by atoms with Crippen LogP contribution in [0.1, 0.15) is 23.0 Å². The van der Waals surface area contributed by atoms with E-state index in [0.717, 1.165) is 11.1 Å². The molecular formula is C14H12N2O3. The second-order valence-electron chi connectivity index (χ2n) is 3.79. The van der Waals surface area contributed by atoms with E-state index in [4.69, 9.17) is 14.4 Å². The molecule has 1 heterocycles. The molecule has 1 aromatic carbocycles. The zero-order valence-corrected chi connectivity index (χ0v) is 10.4. The molecule has 1 aromatic heterocycles. The zero-order chi connectivity index (χ0) is 13.7. The van der Waals surface area contributed by atoms with Crippen LogP contribution in [0.25, 0.3) is 11.5 Å². The van der Waals surface area contributed by atoms with Crippen molar-refractivity contribution in [1.82, 2.24) is 4.98 Å². The standard InChI is InChI=1S/C14H12N2O3/c1-2-18-14(17)12-9-19-13(16-12)11-5-3-10(4-6-11)7-8-15/h3-6,9H,2,7H2,1H3. The van der Waals surface area contributed by atoms with Crippen molar-refractivity contribution in [1.29, 1.82) is 5.26 Å². The fourth-order valence-electron chi connectivity index (χ4n) is 1.56. The number of carbonyl (C=O) groups excluding carboxylic acids is 1. The van der Waals surface area contributed by atoms with E-state index in [-0.39, 0.29) is 5.69 Å². The number of hydrogen-bond acceptors (Lipinski definition) is 5. The SMILES string of the molecule is CCOC(=O)c1coc(-c2ccc(CC#N)cc2)n1. The average molecular weight is 256 g/mol. The highest BCUT2D eigenvalue weighted by molar-refractivity contribution is 5.87. The van der Waals surface area contributed by atoms with Crippen LogP contribution in [0.2, 0.25) is 0 Å². The number of carbonyl (C=O) groups is 1. The summed E-state index contributed by atoms with van der Waals surface area (Å²) in [5, 5.41) is 8.59. The zero-order valence-electron chi connectivity index (χ0n) is 10.4. The van der Waals surface area contributed by atoms with Gasteiger partial charge in [0.1, 0.15) is 6.26 Å². The van der Waals surface area contributed by atoms with Crippen LogP contribution < -0.4 is 0 Å². The van der Waals surface area contributed by atoms with E-state index in [1.165, 1.54) is 6.26 Å². The molecule has 5 nitrogen and oxygen atoms in total. The molecule has 0 aliphatic carbocycles. The van der Waals surface area contributed by atoms with Gasteiger partial charge in [0.2, 0.25) is 5.89 Å². The Bertz CT molecular complexity index is 608. The maximum atomic E-state index is 11.4. The lowest BCUT2D eigenvalue weighted by molar-refractivity contribution is 0.0519. The summed E-state index contributed by atoms with van der Waals surface area (Å²) in [6.07, 6.45) is 1.64. The molecule has 19 heavy (non-hydrogen) atoms. The average Bonchev–Trinajstić information content (AvgIpc) is 2.90. The summed E-state index contributed by atoms with van der Waals surface area (Å²) in [5.74, 6) is -0.148. The topological polar surface area (TPSA) is 76.1 Å². The van der Waals surface area contributed by atoms with Gasteiger partial charge in [-0.2, -0.15) is 5.26 Å². The second-order valence-corrected chi connectivity index (χ2v) is 3.79. The van der Waals surface area contributed by atoms with Gasteiger partial charge < -0.3 is 9.15 Å². The maximum Gasteiger partial charge on any atom is 0.360 e. The first kappa shape index (κ1) is 12.8. The normalized spacial score (nSPS) is 9.89. The van der Waals surface area contributed by atoms with Crippen molar-refractivity contribution in [2.45, 2.75) is 13.3 Å². The van der Waals surface area contributed by atoms with E-state index < -0.39 is 5.97 Å². The molecule has 0 spiro atoms. The third kappa shape index (κ3) is 2.99. The number of ether oxygens (including phenoxy) is 1. The molecule has 2 aromatic rings. The highest BCUT2D eigenvalue weighted by Gasteiger charge is 2.14. The molecular weight excluding hydrogens is 244 g/mol. The van der Waals surface area contributed by atoms with E-state index >= 15 is 0 Å². The summed E-state index contributed by atoms with van der Waals surface area (Å²) in [6.45, 7) is 2.02. The third-order valence-electron chi connectivity index (χ3n) is 2.47. The molecule has 0 unspecified atom stereocenters. The van der Waals surface area contributed by atoms with Crippen molar-refractivity contribution in [2.24, 2.45) is 0 Å². The first-order valence-corrected chi connectivity index (χ1v) is 5.83. The highest BCUT2D eigenvalue weighted by Crippen LogP contribution is 2.19. The van der Waals surface area contributed by atoms with E-state index in [0.29, 0.717) is 18.9 Å². The van der Waals surface area contributed by atoms with Gasteiger partial charge in [-0.05, 0) is 24.6 Å². The molecule has 96 valence electrons. The summed E-state index contributed by atoms with van der Waals surface area (Å²) in [6, 6.07) is 9.33. The van der Waals surface area contributed by atoms with Crippen LogP contribution in [-0.2, 0) is 11.2 Å². The Morgan fingerprint density at radius 1 is 1.42 bits per heavy atom. The fourth-order valence-corrected chi connectivity index (χ4v) is 1.56. The molecule has 0 atom stereocenters. The minimum Gasteiger partial charge on any atom is -0.461 e. The van der Waals surface area contributed by atoms with Crippen molar-refractivity contribution in [3.63, 3.8) is 0 Å². The quantitative estimate of drug-likeness (QED) is 0.786. The van der Waals surface area contributed by atoms with E-state index in [9.17, 15) is 4.79 Å². The van der Waals surface area contributed by atoms with Gasteiger partial charge in [0.15, 0.2) is 5.69 Å². The van der Waals surface area contributed by atoms with Gasteiger partial charge in [0, 0.05) is 5.56 Å². The molecule has 0 fully saturated rings. The van der Waals surface area contributed by atoms with Crippen LogP contribution >= 0.6 is 0 Å². The van der Waals surface area contributed by atoms with E-state index in [1.54, 1.807) is 19.1 Å². The number of nitriles is 1. The van der Waals surface area contributed by atoms with Crippen molar-refractivity contribution in [3.8, 4) is 17.5 Å². The second kappa shape index (κ2) is 5.83. The number of rotatable bonds is 4. The lowest BCUT2D eigenvalue weighted by atomic mass is 10.1. The van der Waals surface area contributed by atoms with E-state index in [2.05, 4.69) is 11.1 Å². The Balaban J connectivity index is 2.18. The van der Waals surface area contributed by atoms with Gasteiger partial charge in [-0.25, -0.2) is 9.78 Å². The van der Waals surface area contributed by atoms with Crippen LogP contribution in [0.15, 0.2) is 34.9 Å². The molecule has 0 N–H and O–H groups in total. The van der Waals surface area contributed by atoms with Gasteiger partial charge in [-0.15, -0.1) is 0 Å². The monoisotopic (exact) mass is 256 g/mol. The molecule has 0 saturated heterocycles. The van der Waals surface area contributed by atoms with Crippen LogP contribution in [0.5, 0.6) is 0 Å². The summed E-state index contributed by atoms with van der Waals surface area (Å²) in [7, 11) is 0. The number of hydrogen-bond donors (Lipinski definition) is 0. The lowest BCUT2D eigenvalue weighted by Gasteiger charge is -1.97. The molecule has 0 aliphatic heterocycles. The fraction of sp³-hybridized carbons (Fsp3) is 0.214. The minimum absolute atomic E-state index is 0.151. The number of esters is 1. The number of nitrogens with zero attached hydrogens (tertiary/aromatic N) is 2. The highest BCUT2D eigenvalue weighted by atomic mass is 16.5. The van der Waals surface area contributed by atoms with Gasteiger partial charge in [-0.3, -0.25) is 0 Å². The molecule has 0 aliphatic rings. The predicted octanol–water partition coefficient (Wildman–Crippen LogP) is 2.58. The van der Waals surface area contributed by atoms with Gasteiger partial charge >= 0.3 is 5.97 Å². The third-order valence-corrected chi connectivity index (χ3v) is 2.47. The van der Waals surface area contributed by atoms with Gasteiger partial charge in [0.25, 0.3) is 0 Å². The Kier molecular flexibility index (Phi) is 3.94. The van der Waals surface area contributed by atoms with Crippen LogP contribution in [0.3, 0.4) is 0 Å². The Morgan fingerprint density at radius 2 is 2.16 bits per heavy atom. The van der Waals surface area contributed by atoms with Crippen molar-refractivity contribution >= 4 is 5.97 Å². The van der Waals surface area contributed by atoms with Crippen molar-refractivity contribution in [2.75, 3.05) is 6.61 Å². The Labute approximate surface area is 110 Å². The lowest BCUT2D eigenvalue weighted by Crippen LogP contribution is -2.04. The summed E-state index contributed by atoms with van der Waals surface area (Å²) in [5.41, 5.74) is 1.82. The van der Waals surface area contributed by atoms with Gasteiger partial charge in [-0.1, -0.05) is 12.1 Å². The minimum atomic E-state index is -0.501. The summed E-state index contributed by atoms with van der Waals surface area (Å²) >= 11 is 0. The molecule has 0 saturated carbocycles. The first-order chi connectivity index (χ1) is 9.24. The summed E-state index contributed by atoms with van der Waals surface area (Å²) in [4.78, 5) is 15.5. The molecule has 0 radical (unpaired) electrons. The molecule has 0 bridgehead atoms. The van der Waals surface area contributed by atoms with Crippen LogP contribution in [-0.4, -0.2) is 17.6 Å². The molecule has 0 amide bonds. The maximum absolute atomic E-state index is 11.4. The number of benzene rings is 1. The Morgan fingerprint density at radius 3 is 2.79 bits per heavy atom. The number of oxazole rings is 1. The van der Waals surface area contributed by atoms with Gasteiger partial charge in [0.05, 0.1) is 19.1 Å². The predicted molar refractivity (Wildman–Crippen MR) is 67.2 cm³/mol. The van der Waals surface area contributed by atoms with Crippen LogP contribution in [0, 0.1) is 11.3 Å².